The number of esters is 1. The predicted octanol–water partition coefficient (Wildman–Crippen LogP) is 1.07. The molecule has 0 spiro atoms. The van der Waals surface area contributed by atoms with Gasteiger partial charge in [-0.2, -0.15) is 0 Å². The van der Waals surface area contributed by atoms with Crippen molar-refractivity contribution in [2.45, 2.75) is 32.8 Å². The largest absolute Gasteiger partial charge is 0.464 e. The third-order valence-electron chi connectivity index (χ3n) is 3.01. The van der Waals surface area contributed by atoms with Gasteiger partial charge in [-0.1, -0.05) is 0 Å². The van der Waals surface area contributed by atoms with Gasteiger partial charge in [-0.25, -0.2) is 4.79 Å². The molecule has 0 aromatic carbocycles. The highest BCUT2D eigenvalue weighted by Gasteiger charge is 2.18. The molecule has 0 aliphatic carbocycles. The normalized spacial score (nSPS) is 17.9. The number of hydrogen-bond acceptors (Lipinski definition) is 5. The molecule has 0 unspecified atom stereocenters. The highest BCUT2D eigenvalue weighted by Crippen LogP contribution is 2.12. The Morgan fingerprint density at radius 2 is 1.94 bits per heavy atom. The minimum atomic E-state index is -0.285. The maximum atomic E-state index is 11.0. The quantitative estimate of drug-likeness (QED) is 0.482. The number of carbonyl (C=O) groups is 1. The van der Waals surface area contributed by atoms with E-state index in [0.717, 1.165) is 39.1 Å². The molecule has 0 amide bonds. The van der Waals surface area contributed by atoms with E-state index in [9.17, 15) is 4.79 Å². The molecule has 1 aliphatic heterocycles. The zero-order valence-electron chi connectivity index (χ0n) is 11.5. The summed E-state index contributed by atoms with van der Waals surface area (Å²) in [6.45, 7) is 8.65. The molecule has 1 saturated heterocycles. The Balaban J connectivity index is 1.99. The maximum Gasteiger partial charge on any atom is 0.332 e. The second kappa shape index (κ2) is 9.30. The van der Waals surface area contributed by atoms with Gasteiger partial charge in [0.05, 0.1) is 19.3 Å². The molecule has 0 aromatic heterocycles. The van der Waals surface area contributed by atoms with Gasteiger partial charge in [0.2, 0.25) is 0 Å². The number of piperidine rings is 1. The van der Waals surface area contributed by atoms with Crippen LogP contribution in [-0.2, 0) is 19.0 Å². The summed E-state index contributed by atoms with van der Waals surface area (Å²) < 4.78 is 15.7. The van der Waals surface area contributed by atoms with E-state index >= 15 is 0 Å². The molecule has 18 heavy (non-hydrogen) atoms. The van der Waals surface area contributed by atoms with Crippen molar-refractivity contribution in [2.75, 3.05) is 46.1 Å². The van der Waals surface area contributed by atoms with Crippen LogP contribution < -0.4 is 0 Å². The maximum absolute atomic E-state index is 11.0. The van der Waals surface area contributed by atoms with Gasteiger partial charge >= 0.3 is 5.97 Å². The first-order valence-corrected chi connectivity index (χ1v) is 6.83. The van der Waals surface area contributed by atoms with E-state index in [0.29, 0.717) is 19.3 Å². The summed E-state index contributed by atoms with van der Waals surface area (Å²) in [5, 5.41) is 0. The Bertz CT molecular complexity index is 227. The fraction of sp³-hybridized carbons (Fsp3) is 0.923. The van der Waals surface area contributed by atoms with Crippen LogP contribution in [0.1, 0.15) is 26.7 Å². The topological polar surface area (TPSA) is 48.0 Å². The Labute approximate surface area is 109 Å². The van der Waals surface area contributed by atoms with Gasteiger partial charge < -0.3 is 19.1 Å². The average molecular weight is 259 g/mol. The molecule has 1 rings (SSSR count). The first-order valence-electron chi connectivity index (χ1n) is 6.83. The monoisotopic (exact) mass is 259 g/mol. The van der Waals surface area contributed by atoms with Crippen molar-refractivity contribution in [1.29, 1.82) is 0 Å². The van der Waals surface area contributed by atoms with E-state index in [2.05, 4.69) is 4.90 Å². The van der Waals surface area contributed by atoms with Gasteiger partial charge in [-0.05, 0) is 26.7 Å². The van der Waals surface area contributed by atoms with Gasteiger partial charge in [0, 0.05) is 26.2 Å². The second-order valence-corrected chi connectivity index (χ2v) is 4.35. The lowest BCUT2D eigenvalue weighted by Crippen LogP contribution is -2.39. The summed E-state index contributed by atoms with van der Waals surface area (Å²) in [4.78, 5) is 13.4. The first kappa shape index (κ1) is 15.4. The van der Waals surface area contributed by atoms with E-state index in [1.54, 1.807) is 6.92 Å². The van der Waals surface area contributed by atoms with Crippen LogP contribution in [0.15, 0.2) is 0 Å². The van der Waals surface area contributed by atoms with Crippen LogP contribution in [-0.4, -0.2) is 63.0 Å². The Hall–Kier alpha value is -0.650. The molecule has 5 heteroatoms. The Morgan fingerprint density at radius 1 is 1.22 bits per heavy atom. The highest BCUT2D eigenvalue weighted by atomic mass is 16.6. The van der Waals surface area contributed by atoms with Crippen molar-refractivity contribution >= 4 is 5.97 Å². The standard InChI is InChI=1S/C13H25NO4/c1-3-17-12-5-7-14(8-6-12)9-10-16-11-13(15)18-4-2/h12H,3-11H2,1-2H3. The lowest BCUT2D eigenvalue weighted by Gasteiger charge is -2.31. The Kier molecular flexibility index (Phi) is 7.96. The number of nitrogens with zero attached hydrogens (tertiary/aromatic N) is 1. The fourth-order valence-corrected chi connectivity index (χ4v) is 2.09. The summed E-state index contributed by atoms with van der Waals surface area (Å²) in [6.07, 6.45) is 2.60. The van der Waals surface area contributed by atoms with Gasteiger partial charge in [-0.3, -0.25) is 0 Å². The van der Waals surface area contributed by atoms with Crippen LogP contribution >= 0.6 is 0 Å². The summed E-state index contributed by atoms with van der Waals surface area (Å²) in [7, 11) is 0. The number of carbonyl (C=O) groups excluding carboxylic acids is 1. The van der Waals surface area contributed by atoms with Crippen LogP contribution in [0.5, 0.6) is 0 Å². The van der Waals surface area contributed by atoms with Gasteiger partial charge in [0.15, 0.2) is 0 Å². The minimum Gasteiger partial charge on any atom is -0.464 e. The van der Waals surface area contributed by atoms with Crippen molar-refractivity contribution in [3.63, 3.8) is 0 Å². The van der Waals surface area contributed by atoms with Crippen LogP contribution in [0.4, 0.5) is 0 Å². The molecule has 5 nitrogen and oxygen atoms in total. The minimum absolute atomic E-state index is 0.0588. The van der Waals surface area contributed by atoms with Crippen molar-refractivity contribution in [2.24, 2.45) is 0 Å². The number of ether oxygens (including phenoxy) is 3. The molecular weight excluding hydrogens is 234 g/mol. The fourth-order valence-electron chi connectivity index (χ4n) is 2.09. The molecule has 0 saturated carbocycles. The molecule has 0 atom stereocenters. The molecular formula is C13H25NO4. The molecule has 1 heterocycles. The third kappa shape index (κ3) is 6.33. The van der Waals surface area contributed by atoms with Crippen LogP contribution in [0, 0.1) is 0 Å². The molecule has 0 aromatic rings. The van der Waals surface area contributed by atoms with Crippen LogP contribution in [0.2, 0.25) is 0 Å². The van der Waals surface area contributed by atoms with E-state index in [-0.39, 0.29) is 12.6 Å². The molecule has 0 radical (unpaired) electrons. The van der Waals surface area contributed by atoms with Gasteiger partial charge in [0.1, 0.15) is 6.61 Å². The van der Waals surface area contributed by atoms with Crippen LogP contribution in [0.25, 0.3) is 0 Å². The molecule has 106 valence electrons. The Morgan fingerprint density at radius 3 is 2.56 bits per heavy atom. The summed E-state index contributed by atoms with van der Waals surface area (Å²) in [5.41, 5.74) is 0. The average Bonchev–Trinajstić information content (AvgIpc) is 2.37. The molecule has 1 aliphatic rings. The SMILES string of the molecule is CCOC(=O)COCCN1CCC(OCC)CC1. The summed E-state index contributed by atoms with van der Waals surface area (Å²) in [5.74, 6) is -0.285. The highest BCUT2D eigenvalue weighted by molar-refractivity contribution is 5.70. The number of likely N-dealkylation sites (tertiary alicyclic amines) is 1. The van der Waals surface area contributed by atoms with Gasteiger partial charge in [-0.15, -0.1) is 0 Å². The third-order valence-corrected chi connectivity index (χ3v) is 3.01. The van der Waals surface area contributed by atoms with Crippen LogP contribution in [0.3, 0.4) is 0 Å². The van der Waals surface area contributed by atoms with E-state index in [4.69, 9.17) is 14.2 Å². The summed E-state index contributed by atoms with van der Waals surface area (Å²) >= 11 is 0. The van der Waals surface area contributed by atoms with Gasteiger partial charge in [0.25, 0.3) is 0 Å². The molecule has 0 bridgehead atoms. The summed E-state index contributed by atoms with van der Waals surface area (Å²) in [6, 6.07) is 0. The zero-order valence-corrected chi connectivity index (χ0v) is 11.5. The van der Waals surface area contributed by atoms with E-state index < -0.39 is 0 Å². The first-order chi connectivity index (χ1) is 8.76. The van der Waals surface area contributed by atoms with E-state index in [1.807, 2.05) is 6.92 Å². The molecule has 1 fully saturated rings. The zero-order chi connectivity index (χ0) is 13.2. The smallest absolute Gasteiger partial charge is 0.332 e. The second-order valence-electron chi connectivity index (χ2n) is 4.35. The lowest BCUT2D eigenvalue weighted by atomic mass is 10.1. The lowest BCUT2D eigenvalue weighted by molar-refractivity contribution is -0.148. The van der Waals surface area contributed by atoms with E-state index in [1.165, 1.54) is 0 Å². The number of hydrogen-bond donors (Lipinski definition) is 0. The van der Waals surface area contributed by atoms with Crippen molar-refractivity contribution < 1.29 is 19.0 Å². The van der Waals surface area contributed by atoms with Crippen molar-refractivity contribution in [3.05, 3.63) is 0 Å². The van der Waals surface area contributed by atoms with Crippen molar-refractivity contribution in [1.82, 2.24) is 4.90 Å². The number of rotatable bonds is 8. The molecule has 0 N–H and O–H groups in total. The predicted molar refractivity (Wildman–Crippen MR) is 68.5 cm³/mol. The van der Waals surface area contributed by atoms with Crippen molar-refractivity contribution in [3.8, 4) is 0 Å².